The van der Waals surface area contributed by atoms with Crippen LogP contribution in [0.15, 0.2) is 23.0 Å². The van der Waals surface area contributed by atoms with Crippen LogP contribution in [0.3, 0.4) is 0 Å². The van der Waals surface area contributed by atoms with Crippen LogP contribution in [0.25, 0.3) is 22.2 Å². The number of ketones is 1. The van der Waals surface area contributed by atoms with E-state index in [9.17, 15) is 13.6 Å². The molecule has 7 heteroatoms. The molecule has 3 heterocycles. The normalized spacial score (nSPS) is 17.5. The summed E-state index contributed by atoms with van der Waals surface area (Å²) in [7, 11) is 1.83. The number of aromatic nitrogens is 3. The molecule has 1 aliphatic carbocycles. The van der Waals surface area contributed by atoms with Crippen LogP contribution in [-0.2, 0) is 7.05 Å². The third kappa shape index (κ3) is 3.05. The van der Waals surface area contributed by atoms with Gasteiger partial charge < -0.3 is 9.09 Å². The summed E-state index contributed by atoms with van der Waals surface area (Å²) in [6.45, 7) is 3.69. The van der Waals surface area contributed by atoms with Crippen LogP contribution in [0.5, 0.6) is 0 Å². The van der Waals surface area contributed by atoms with Gasteiger partial charge in [0.25, 0.3) is 0 Å². The van der Waals surface area contributed by atoms with E-state index in [-0.39, 0.29) is 37.4 Å². The molecule has 0 aliphatic heterocycles. The molecule has 3 aromatic rings. The van der Waals surface area contributed by atoms with Crippen molar-refractivity contribution < 1.29 is 18.1 Å². The van der Waals surface area contributed by atoms with E-state index in [1.807, 2.05) is 27.0 Å². The predicted molar refractivity (Wildman–Crippen MR) is 96.9 cm³/mol. The quantitative estimate of drug-likeness (QED) is 0.616. The van der Waals surface area contributed by atoms with E-state index in [0.29, 0.717) is 17.0 Å². The number of fused-ring (bicyclic) bond motifs is 1. The summed E-state index contributed by atoms with van der Waals surface area (Å²) in [4.78, 5) is 17.6. The van der Waals surface area contributed by atoms with Gasteiger partial charge in [0, 0.05) is 60.3 Å². The topological polar surface area (TPSA) is 60.9 Å². The van der Waals surface area contributed by atoms with Crippen molar-refractivity contribution in [3.8, 4) is 11.1 Å². The summed E-state index contributed by atoms with van der Waals surface area (Å²) in [6, 6.07) is 1.92. The number of nitrogens with zero attached hydrogens (tertiary/aromatic N) is 3. The first-order valence-corrected chi connectivity index (χ1v) is 9.07. The molecule has 0 radical (unpaired) electrons. The molecular weight excluding hydrogens is 352 g/mol. The molecule has 1 saturated carbocycles. The lowest BCUT2D eigenvalue weighted by atomic mass is 9.82. The maximum Gasteiger partial charge on any atom is 0.248 e. The fraction of sp³-hybridized carbons (Fsp3) is 0.450. The van der Waals surface area contributed by atoms with E-state index >= 15 is 0 Å². The molecule has 0 spiro atoms. The lowest BCUT2D eigenvalue weighted by Gasteiger charge is -2.27. The van der Waals surface area contributed by atoms with Gasteiger partial charge in [-0.15, -0.1) is 0 Å². The minimum Gasteiger partial charge on any atom is -0.361 e. The van der Waals surface area contributed by atoms with Crippen LogP contribution >= 0.6 is 0 Å². The average Bonchev–Trinajstić information content (AvgIpc) is 3.13. The molecule has 3 aromatic heterocycles. The zero-order valence-corrected chi connectivity index (χ0v) is 15.6. The molecule has 5 nitrogen and oxygen atoms in total. The molecule has 0 saturated heterocycles. The first kappa shape index (κ1) is 17.8. The number of aryl methyl sites for hydroxylation is 3. The molecule has 0 unspecified atom stereocenters. The van der Waals surface area contributed by atoms with E-state index in [2.05, 4.69) is 10.1 Å². The fourth-order valence-corrected chi connectivity index (χ4v) is 4.01. The Morgan fingerprint density at radius 2 is 2.00 bits per heavy atom. The van der Waals surface area contributed by atoms with Gasteiger partial charge in [-0.1, -0.05) is 5.16 Å². The maximum absolute atomic E-state index is 13.4. The minimum atomic E-state index is -2.65. The van der Waals surface area contributed by atoms with Crippen molar-refractivity contribution in [2.24, 2.45) is 13.0 Å². The SMILES string of the molecule is Cc1noc(C)c1-c1cnc2c(c1)c(C(=O)C1CCC(F)(F)CC1)cn2C. The molecule has 1 aliphatic rings. The smallest absolute Gasteiger partial charge is 0.248 e. The van der Waals surface area contributed by atoms with E-state index < -0.39 is 5.92 Å². The second-order valence-electron chi connectivity index (χ2n) is 7.44. The van der Waals surface area contributed by atoms with Gasteiger partial charge in [-0.2, -0.15) is 0 Å². The minimum absolute atomic E-state index is 0.0752. The zero-order valence-electron chi connectivity index (χ0n) is 15.6. The van der Waals surface area contributed by atoms with Crippen molar-refractivity contribution in [3.63, 3.8) is 0 Å². The molecule has 142 valence electrons. The number of hydrogen-bond donors (Lipinski definition) is 0. The Morgan fingerprint density at radius 1 is 1.30 bits per heavy atom. The van der Waals surface area contributed by atoms with Gasteiger partial charge in [0.1, 0.15) is 11.4 Å². The summed E-state index contributed by atoms with van der Waals surface area (Å²) >= 11 is 0. The Kier molecular flexibility index (Phi) is 4.13. The summed E-state index contributed by atoms with van der Waals surface area (Å²) < 4.78 is 33.9. The molecule has 1 fully saturated rings. The van der Waals surface area contributed by atoms with Crippen LogP contribution in [0.2, 0.25) is 0 Å². The zero-order chi connectivity index (χ0) is 19.3. The van der Waals surface area contributed by atoms with E-state index in [0.717, 1.165) is 22.2 Å². The molecule has 27 heavy (non-hydrogen) atoms. The average molecular weight is 373 g/mol. The standard InChI is InChI=1S/C20H21F2N3O2/c1-11-17(12(2)27-24-11)14-8-15-16(10-25(3)19(15)23-9-14)18(26)13-4-6-20(21,22)7-5-13/h8-10,13H,4-7H2,1-3H3. The highest BCUT2D eigenvalue weighted by Crippen LogP contribution is 2.38. The molecule has 0 aromatic carbocycles. The summed E-state index contributed by atoms with van der Waals surface area (Å²) in [6.07, 6.45) is 3.49. The predicted octanol–water partition coefficient (Wildman–Crippen LogP) is 4.85. The summed E-state index contributed by atoms with van der Waals surface area (Å²) in [5.41, 5.74) is 3.68. The number of Topliss-reactive ketones (excluding diaryl/α,β-unsaturated/α-hetero) is 1. The van der Waals surface area contributed by atoms with E-state index in [1.165, 1.54) is 0 Å². The lowest BCUT2D eigenvalue weighted by molar-refractivity contribution is -0.0424. The van der Waals surface area contributed by atoms with Crippen molar-refractivity contribution in [2.75, 3.05) is 0 Å². The van der Waals surface area contributed by atoms with Gasteiger partial charge in [-0.05, 0) is 32.8 Å². The Labute approximate surface area is 155 Å². The Hall–Kier alpha value is -2.57. The highest BCUT2D eigenvalue weighted by molar-refractivity contribution is 6.09. The Morgan fingerprint density at radius 3 is 2.63 bits per heavy atom. The lowest BCUT2D eigenvalue weighted by Crippen LogP contribution is -2.28. The van der Waals surface area contributed by atoms with Crippen molar-refractivity contribution in [3.05, 3.63) is 35.5 Å². The molecule has 0 atom stereocenters. The molecule has 0 amide bonds. The van der Waals surface area contributed by atoms with Gasteiger partial charge in [-0.3, -0.25) is 4.79 Å². The van der Waals surface area contributed by atoms with E-state index in [1.54, 1.807) is 17.0 Å². The first-order valence-electron chi connectivity index (χ1n) is 9.07. The molecule has 0 N–H and O–H groups in total. The number of carbonyl (C=O) groups excluding carboxylic acids is 1. The Bertz CT molecular complexity index is 1010. The van der Waals surface area contributed by atoms with Crippen LogP contribution in [0.4, 0.5) is 8.78 Å². The number of carbonyl (C=O) groups is 1. The first-order chi connectivity index (χ1) is 12.8. The second kappa shape index (κ2) is 6.25. The fourth-order valence-electron chi connectivity index (χ4n) is 4.01. The molecule has 4 rings (SSSR count). The number of rotatable bonds is 3. The highest BCUT2D eigenvalue weighted by Gasteiger charge is 2.38. The van der Waals surface area contributed by atoms with Crippen LogP contribution in [-0.4, -0.2) is 26.4 Å². The van der Waals surface area contributed by atoms with E-state index in [4.69, 9.17) is 4.52 Å². The van der Waals surface area contributed by atoms with Crippen molar-refractivity contribution in [2.45, 2.75) is 45.5 Å². The second-order valence-corrected chi connectivity index (χ2v) is 7.44. The van der Waals surface area contributed by atoms with Gasteiger partial charge in [0.2, 0.25) is 5.92 Å². The van der Waals surface area contributed by atoms with Crippen LogP contribution in [0.1, 0.15) is 47.5 Å². The van der Waals surface area contributed by atoms with Crippen LogP contribution < -0.4 is 0 Å². The van der Waals surface area contributed by atoms with Gasteiger partial charge in [0.05, 0.1) is 5.69 Å². The van der Waals surface area contributed by atoms with Crippen molar-refractivity contribution in [1.82, 2.24) is 14.7 Å². The summed E-state index contributed by atoms with van der Waals surface area (Å²) in [5, 5.41) is 4.71. The van der Waals surface area contributed by atoms with Crippen molar-refractivity contribution >= 4 is 16.8 Å². The largest absolute Gasteiger partial charge is 0.361 e. The monoisotopic (exact) mass is 373 g/mol. The summed E-state index contributed by atoms with van der Waals surface area (Å²) in [5.74, 6) is -2.40. The maximum atomic E-state index is 13.4. The van der Waals surface area contributed by atoms with Crippen LogP contribution in [0, 0.1) is 19.8 Å². The highest BCUT2D eigenvalue weighted by atomic mass is 19.3. The van der Waals surface area contributed by atoms with Crippen molar-refractivity contribution in [1.29, 1.82) is 0 Å². The number of halogens is 2. The van der Waals surface area contributed by atoms with Gasteiger partial charge >= 0.3 is 0 Å². The Balaban J connectivity index is 1.75. The number of hydrogen-bond acceptors (Lipinski definition) is 4. The third-order valence-corrected chi connectivity index (χ3v) is 5.49. The van der Waals surface area contributed by atoms with Gasteiger partial charge in [-0.25, -0.2) is 13.8 Å². The third-order valence-electron chi connectivity index (χ3n) is 5.49. The van der Waals surface area contributed by atoms with Gasteiger partial charge in [0.15, 0.2) is 5.78 Å². The number of alkyl halides is 2. The molecule has 0 bridgehead atoms. The molecular formula is C20H21F2N3O2. The number of pyridine rings is 1.